The summed E-state index contributed by atoms with van der Waals surface area (Å²) in [7, 11) is -0.265. The quantitative estimate of drug-likeness (QED) is 0.828. The van der Waals surface area contributed by atoms with E-state index in [0.717, 1.165) is 17.8 Å². The molecule has 0 unspecified atom stereocenters. The van der Waals surface area contributed by atoms with E-state index in [1.807, 2.05) is 20.0 Å². The third kappa shape index (κ3) is 3.01. The van der Waals surface area contributed by atoms with Gasteiger partial charge in [0.05, 0.1) is 11.4 Å². The van der Waals surface area contributed by atoms with Gasteiger partial charge in [-0.2, -0.15) is 14.5 Å². The molecule has 0 radical (unpaired) electrons. The van der Waals surface area contributed by atoms with Crippen molar-refractivity contribution >= 4 is 10.0 Å². The summed E-state index contributed by atoms with van der Waals surface area (Å²) >= 11 is 0. The summed E-state index contributed by atoms with van der Waals surface area (Å²) in [5, 5.41) is 8.43. The monoisotopic (exact) mass is 311 g/mol. The van der Waals surface area contributed by atoms with Crippen molar-refractivity contribution in [3.8, 4) is 0 Å². The molecule has 116 valence electrons. The van der Waals surface area contributed by atoms with E-state index in [1.54, 1.807) is 25.7 Å². The van der Waals surface area contributed by atoms with Crippen LogP contribution in [0.15, 0.2) is 17.3 Å². The summed E-state index contributed by atoms with van der Waals surface area (Å²) < 4.78 is 29.9. The highest BCUT2D eigenvalue weighted by Gasteiger charge is 2.26. The van der Waals surface area contributed by atoms with Crippen LogP contribution in [0.3, 0.4) is 0 Å². The molecule has 0 aromatic carbocycles. The molecule has 0 saturated heterocycles. The van der Waals surface area contributed by atoms with E-state index in [0.29, 0.717) is 12.2 Å². The van der Waals surface area contributed by atoms with Gasteiger partial charge in [-0.05, 0) is 20.8 Å². The zero-order valence-electron chi connectivity index (χ0n) is 13.0. The maximum absolute atomic E-state index is 12.6. The SMILES string of the molecule is CCn1cc(CN(C)S(=O)(=O)c2cn(C)nc2C)c(C)n1. The van der Waals surface area contributed by atoms with Gasteiger partial charge >= 0.3 is 0 Å². The molecule has 0 aliphatic carbocycles. The van der Waals surface area contributed by atoms with E-state index < -0.39 is 10.0 Å². The molecule has 0 atom stereocenters. The van der Waals surface area contributed by atoms with E-state index in [9.17, 15) is 8.42 Å². The van der Waals surface area contributed by atoms with Crippen LogP contribution in [0.2, 0.25) is 0 Å². The van der Waals surface area contributed by atoms with Crippen molar-refractivity contribution in [1.82, 2.24) is 23.9 Å². The predicted octanol–water partition coefficient (Wildman–Crippen LogP) is 1.07. The largest absolute Gasteiger partial charge is 0.274 e. The van der Waals surface area contributed by atoms with E-state index in [1.165, 1.54) is 15.2 Å². The van der Waals surface area contributed by atoms with Gasteiger partial charge in [0.15, 0.2) is 0 Å². The highest BCUT2D eigenvalue weighted by Crippen LogP contribution is 2.20. The third-order valence-electron chi connectivity index (χ3n) is 3.42. The fraction of sp³-hybridized carbons (Fsp3) is 0.538. The molecule has 7 nitrogen and oxygen atoms in total. The highest BCUT2D eigenvalue weighted by molar-refractivity contribution is 7.89. The van der Waals surface area contributed by atoms with Crippen LogP contribution in [0.4, 0.5) is 0 Å². The average molecular weight is 311 g/mol. The van der Waals surface area contributed by atoms with Gasteiger partial charge in [0, 0.05) is 45.1 Å². The zero-order valence-corrected chi connectivity index (χ0v) is 13.8. The second-order valence-electron chi connectivity index (χ2n) is 5.11. The number of hydrogen-bond acceptors (Lipinski definition) is 4. The van der Waals surface area contributed by atoms with Gasteiger partial charge in [-0.15, -0.1) is 0 Å². The Morgan fingerprint density at radius 2 is 1.86 bits per heavy atom. The van der Waals surface area contributed by atoms with E-state index in [4.69, 9.17) is 0 Å². The Morgan fingerprint density at radius 1 is 1.19 bits per heavy atom. The molecule has 0 spiro atoms. The molecule has 0 amide bonds. The van der Waals surface area contributed by atoms with E-state index in [-0.39, 0.29) is 4.90 Å². The molecule has 21 heavy (non-hydrogen) atoms. The molecule has 2 aromatic heterocycles. The molecule has 0 bridgehead atoms. The molecular formula is C13H21N5O2S. The highest BCUT2D eigenvalue weighted by atomic mass is 32.2. The van der Waals surface area contributed by atoms with Gasteiger partial charge < -0.3 is 0 Å². The summed E-state index contributed by atoms with van der Waals surface area (Å²) in [4.78, 5) is 0.244. The fourth-order valence-corrected chi connectivity index (χ4v) is 3.54. The second kappa shape index (κ2) is 5.61. The van der Waals surface area contributed by atoms with Gasteiger partial charge in [0.2, 0.25) is 10.0 Å². The van der Waals surface area contributed by atoms with E-state index in [2.05, 4.69) is 10.2 Å². The Bertz CT molecular complexity index is 745. The lowest BCUT2D eigenvalue weighted by molar-refractivity contribution is 0.465. The lowest BCUT2D eigenvalue weighted by Crippen LogP contribution is -2.27. The number of sulfonamides is 1. The molecule has 8 heteroatoms. The molecule has 0 aliphatic rings. The predicted molar refractivity (Wildman–Crippen MR) is 79.2 cm³/mol. The molecule has 2 heterocycles. The minimum absolute atomic E-state index is 0.244. The molecular weight excluding hydrogens is 290 g/mol. The van der Waals surface area contributed by atoms with Crippen molar-refractivity contribution in [1.29, 1.82) is 0 Å². The molecule has 0 N–H and O–H groups in total. The molecule has 2 aromatic rings. The van der Waals surface area contributed by atoms with Crippen LogP contribution in [0.5, 0.6) is 0 Å². The van der Waals surface area contributed by atoms with Crippen molar-refractivity contribution in [2.45, 2.75) is 38.8 Å². The van der Waals surface area contributed by atoms with Crippen LogP contribution in [0.25, 0.3) is 0 Å². The Morgan fingerprint density at radius 3 is 2.33 bits per heavy atom. The maximum atomic E-state index is 12.6. The second-order valence-corrected chi connectivity index (χ2v) is 7.12. The van der Waals surface area contributed by atoms with Crippen molar-refractivity contribution in [2.75, 3.05) is 7.05 Å². The summed E-state index contributed by atoms with van der Waals surface area (Å²) in [6.07, 6.45) is 3.42. The summed E-state index contributed by atoms with van der Waals surface area (Å²) in [5.41, 5.74) is 2.26. The van der Waals surface area contributed by atoms with Crippen molar-refractivity contribution < 1.29 is 8.42 Å². The maximum Gasteiger partial charge on any atom is 0.246 e. The lowest BCUT2D eigenvalue weighted by Gasteiger charge is -2.16. The van der Waals surface area contributed by atoms with Crippen LogP contribution < -0.4 is 0 Å². The Labute approximate surface area is 125 Å². The smallest absolute Gasteiger partial charge is 0.246 e. The number of rotatable bonds is 5. The number of aryl methyl sites for hydroxylation is 4. The summed E-state index contributed by atoms with van der Waals surface area (Å²) in [6, 6.07) is 0. The number of aromatic nitrogens is 4. The topological polar surface area (TPSA) is 73.0 Å². The van der Waals surface area contributed by atoms with Crippen LogP contribution in [-0.2, 0) is 30.2 Å². The minimum Gasteiger partial charge on any atom is -0.274 e. The third-order valence-corrected chi connectivity index (χ3v) is 5.33. The van der Waals surface area contributed by atoms with Crippen molar-refractivity contribution in [2.24, 2.45) is 7.05 Å². The molecule has 2 rings (SSSR count). The molecule has 0 aliphatic heterocycles. The van der Waals surface area contributed by atoms with Crippen LogP contribution in [-0.4, -0.2) is 39.3 Å². The Hall–Kier alpha value is -1.67. The summed E-state index contributed by atoms with van der Waals surface area (Å²) in [6.45, 7) is 6.63. The van der Waals surface area contributed by atoms with Crippen LogP contribution in [0.1, 0.15) is 23.9 Å². The summed E-state index contributed by atoms with van der Waals surface area (Å²) in [5.74, 6) is 0. The molecule has 0 fully saturated rings. The van der Waals surface area contributed by atoms with Gasteiger partial charge in [0.25, 0.3) is 0 Å². The lowest BCUT2D eigenvalue weighted by atomic mass is 10.3. The molecule has 0 saturated carbocycles. The van der Waals surface area contributed by atoms with Crippen molar-refractivity contribution in [3.05, 3.63) is 29.3 Å². The first-order valence-corrected chi connectivity index (χ1v) is 8.19. The zero-order chi connectivity index (χ0) is 15.8. The van der Waals surface area contributed by atoms with Gasteiger partial charge in [-0.1, -0.05) is 0 Å². The van der Waals surface area contributed by atoms with Gasteiger partial charge in [0.1, 0.15) is 4.90 Å². The van der Waals surface area contributed by atoms with Gasteiger partial charge in [-0.25, -0.2) is 8.42 Å². The number of nitrogens with zero attached hydrogens (tertiary/aromatic N) is 5. The normalized spacial score (nSPS) is 12.3. The Kier molecular flexibility index (Phi) is 4.20. The standard InChI is InChI=1S/C13H21N5O2S/c1-6-18-8-12(10(2)15-18)7-17(5)21(19,20)13-9-16(4)14-11(13)3/h8-9H,6-7H2,1-5H3. The van der Waals surface area contributed by atoms with Gasteiger partial charge in [-0.3, -0.25) is 9.36 Å². The first-order chi connectivity index (χ1) is 9.75. The van der Waals surface area contributed by atoms with E-state index >= 15 is 0 Å². The first kappa shape index (κ1) is 15.7. The number of hydrogen-bond donors (Lipinski definition) is 0. The average Bonchev–Trinajstić information content (AvgIpc) is 2.92. The van der Waals surface area contributed by atoms with Crippen LogP contribution >= 0.6 is 0 Å². The fourth-order valence-electron chi connectivity index (χ4n) is 2.20. The van der Waals surface area contributed by atoms with Crippen LogP contribution in [0, 0.1) is 13.8 Å². The Balaban J connectivity index is 2.28. The first-order valence-electron chi connectivity index (χ1n) is 6.75. The van der Waals surface area contributed by atoms with Crippen molar-refractivity contribution in [3.63, 3.8) is 0 Å². The minimum atomic E-state index is -3.55.